The van der Waals surface area contributed by atoms with Crippen molar-refractivity contribution in [3.63, 3.8) is 0 Å². The van der Waals surface area contributed by atoms with Crippen molar-refractivity contribution in [2.75, 3.05) is 17.2 Å². The van der Waals surface area contributed by atoms with Gasteiger partial charge in [-0.1, -0.05) is 12.1 Å². The van der Waals surface area contributed by atoms with Gasteiger partial charge in [0.1, 0.15) is 0 Å². The van der Waals surface area contributed by atoms with Crippen LogP contribution in [-0.4, -0.2) is 12.5 Å². The van der Waals surface area contributed by atoms with Gasteiger partial charge >= 0.3 is 0 Å². The van der Waals surface area contributed by atoms with Gasteiger partial charge < -0.3 is 10.6 Å². The first-order valence-electron chi connectivity index (χ1n) is 6.90. The molecule has 1 amide bonds. The van der Waals surface area contributed by atoms with Crippen molar-refractivity contribution >= 4 is 17.3 Å². The molecule has 3 rings (SSSR count). The highest BCUT2D eigenvalue weighted by Crippen LogP contribution is 2.23. The van der Waals surface area contributed by atoms with Crippen molar-refractivity contribution < 1.29 is 4.79 Å². The van der Waals surface area contributed by atoms with Gasteiger partial charge in [-0.15, -0.1) is 0 Å². The van der Waals surface area contributed by atoms with Crippen LogP contribution in [0.1, 0.15) is 21.5 Å². The molecule has 0 fully saturated rings. The summed E-state index contributed by atoms with van der Waals surface area (Å²) in [5.41, 5.74) is 4.65. The molecular formula is C17H15N3O. The Bertz CT molecular complexity index is 714. The van der Waals surface area contributed by atoms with Crippen molar-refractivity contribution in [2.24, 2.45) is 0 Å². The Balaban J connectivity index is 1.72. The molecule has 0 saturated carbocycles. The van der Waals surface area contributed by atoms with E-state index in [1.54, 1.807) is 0 Å². The largest absolute Gasteiger partial charge is 0.384 e. The predicted molar refractivity (Wildman–Crippen MR) is 82.3 cm³/mol. The summed E-state index contributed by atoms with van der Waals surface area (Å²) in [4.78, 5) is 12.2. The second-order valence-corrected chi connectivity index (χ2v) is 5.03. The fraction of sp³-hybridized carbons (Fsp3) is 0.176. The Hall–Kier alpha value is -2.80. The molecule has 2 aromatic rings. The molecule has 0 aliphatic carbocycles. The average Bonchev–Trinajstić information content (AvgIpc) is 2.97. The molecule has 0 aromatic heterocycles. The number of nitrogens with zero attached hydrogens (tertiary/aromatic N) is 1. The van der Waals surface area contributed by atoms with Crippen LogP contribution < -0.4 is 10.6 Å². The molecule has 2 N–H and O–H groups in total. The second kappa shape index (κ2) is 5.68. The average molecular weight is 277 g/mol. The zero-order valence-electron chi connectivity index (χ0n) is 11.5. The maximum Gasteiger partial charge on any atom is 0.255 e. The molecule has 0 spiro atoms. The lowest BCUT2D eigenvalue weighted by Crippen LogP contribution is -2.12. The molecule has 0 atom stereocenters. The Morgan fingerprint density at radius 1 is 1.24 bits per heavy atom. The number of anilines is 2. The monoisotopic (exact) mass is 277 g/mol. The standard InChI is InChI=1S/C17H15N3O/c18-9-7-12-1-4-15(5-2-12)20-17(21)14-3-6-16-13(11-14)8-10-19-16/h1-6,11,19H,7-8,10H2,(H,20,21). The smallest absolute Gasteiger partial charge is 0.255 e. The third-order valence-electron chi connectivity index (χ3n) is 3.57. The summed E-state index contributed by atoms with van der Waals surface area (Å²) in [5, 5.41) is 14.8. The van der Waals surface area contributed by atoms with E-state index in [1.807, 2.05) is 42.5 Å². The van der Waals surface area contributed by atoms with Crippen LogP contribution in [0.25, 0.3) is 0 Å². The zero-order valence-corrected chi connectivity index (χ0v) is 11.5. The first kappa shape index (κ1) is 13.2. The minimum absolute atomic E-state index is 0.113. The summed E-state index contributed by atoms with van der Waals surface area (Å²) in [6.07, 6.45) is 1.34. The van der Waals surface area contributed by atoms with Crippen LogP contribution >= 0.6 is 0 Å². The van der Waals surface area contributed by atoms with Gasteiger partial charge in [0.15, 0.2) is 0 Å². The molecule has 1 aliphatic rings. The van der Waals surface area contributed by atoms with Crippen LogP contribution in [0.5, 0.6) is 0 Å². The quantitative estimate of drug-likeness (QED) is 0.906. The SMILES string of the molecule is N#CCc1ccc(NC(=O)c2ccc3c(c2)CCN3)cc1. The summed E-state index contributed by atoms with van der Waals surface area (Å²) in [6.45, 7) is 0.931. The third-order valence-corrected chi connectivity index (χ3v) is 3.57. The lowest BCUT2D eigenvalue weighted by atomic mass is 10.1. The van der Waals surface area contributed by atoms with Crippen molar-refractivity contribution in [1.29, 1.82) is 5.26 Å². The van der Waals surface area contributed by atoms with E-state index in [-0.39, 0.29) is 5.91 Å². The van der Waals surface area contributed by atoms with Crippen molar-refractivity contribution in [1.82, 2.24) is 0 Å². The normalized spacial score (nSPS) is 12.1. The molecule has 1 heterocycles. The number of hydrogen-bond acceptors (Lipinski definition) is 3. The van der Waals surface area contributed by atoms with Gasteiger partial charge in [-0.25, -0.2) is 0 Å². The molecule has 1 aliphatic heterocycles. The Morgan fingerprint density at radius 2 is 2.05 bits per heavy atom. The van der Waals surface area contributed by atoms with Crippen LogP contribution in [-0.2, 0) is 12.8 Å². The highest BCUT2D eigenvalue weighted by molar-refractivity contribution is 6.04. The number of fused-ring (bicyclic) bond motifs is 1. The molecule has 104 valence electrons. The summed E-state index contributed by atoms with van der Waals surface area (Å²) < 4.78 is 0. The molecule has 0 bridgehead atoms. The number of nitriles is 1. The third kappa shape index (κ3) is 2.87. The fourth-order valence-electron chi connectivity index (χ4n) is 2.45. The fourth-order valence-corrected chi connectivity index (χ4v) is 2.45. The van der Waals surface area contributed by atoms with Crippen molar-refractivity contribution in [2.45, 2.75) is 12.8 Å². The van der Waals surface area contributed by atoms with E-state index in [0.717, 1.165) is 29.9 Å². The summed E-state index contributed by atoms with van der Waals surface area (Å²) >= 11 is 0. The van der Waals surface area contributed by atoms with E-state index in [9.17, 15) is 4.79 Å². The van der Waals surface area contributed by atoms with E-state index in [4.69, 9.17) is 5.26 Å². The maximum atomic E-state index is 12.2. The number of hydrogen-bond donors (Lipinski definition) is 2. The molecule has 0 unspecified atom stereocenters. The van der Waals surface area contributed by atoms with Gasteiger partial charge in [0.25, 0.3) is 5.91 Å². The van der Waals surface area contributed by atoms with Gasteiger partial charge in [-0.05, 0) is 47.9 Å². The zero-order chi connectivity index (χ0) is 14.7. The Labute approximate surface area is 123 Å². The second-order valence-electron chi connectivity index (χ2n) is 5.03. The van der Waals surface area contributed by atoms with Gasteiger partial charge in [0.2, 0.25) is 0 Å². The Kier molecular flexibility index (Phi) is 3.57. The summed E-state index contributed by atoms with van der Waals surface area (Å²) in [5.74, 6) is -0.113. The van der Waals surface area contributed by atoms with E-state index in [2.05, 4.69) is 16.7 Å². The number of rotatable bonds is 3. The minimum atomic E-state index is -0.113. The minimum Gasteiger partial charge on any atom is -0.384 e. The number of carbonyl (C=O) groups is 1. The van der Waals surface area contributed by atoms with Crippen LogP contribution in [0.2, 0.25) is 0 Å². The summed E-state index contributed by atoms with van der Waals surface area (Å²) in [6, 6.07) is 15.2. The maximum absolute atomic E-state index is 12.2. The number of benzene rings is 2. The highest BCUT2D eigenvalue weighted by Gasteiger charge is 2.13. The topological polar surface area (TPSA) is 64.9 Å². The highest BCUT2D eigenvalue weighted by atomic mass is 16.1. The number of amides is 1. The molecular weight excluding hydrogens is 262 g/mol. The lowest BCUT2D eigenvalue weighted by Gasteiger charge is -2.07. The van der Waals surface area contributed by atoms with Gasteiger partial charge in [0, 0.05) is 23.5 Å². The predicted octanol–water partition coefficient (Wildman–Crippen LogP) is 2.97. The van der Waals surface area contributed by atoms with E-state index in [1.165, 1.54) is 5.56 Å². The molecule has 4 heteroatoms. The number of carbonyl (C=O) groups excluding carboxylic acids is 1. The van der Waals surface area contributed by atoms with Crippen molar-refractivity contribution in [3.8, 4) is 6.07 Å². The first-order valence-corrected chi connectivity index (χ1v) is 6.90. The first-order chi connectivity index (χ1) is 10.3. The Morgan fingerprint density at radius 3 is 2.81 bits per heavy atom. The van der Waals surface area contributed by atoms with Crippen LogP contribution in [0.15, 0.2) is 42.5 Å². The number of nitrogens with one attached hydrogen (secondary N) is 2. The van der Waals surface area contributed by atoms with Crippen LogP contribution in [0, 0.1) is 11.3 Å². The van der Waals surface area contributed by atoms with Crippen LogP contribution in [0.3, 0.4) is 0 Å². The van der Waals surface area contributed by atoms with Gasteiger partial charge in [-0.3, -0.25) is 4.79 Å². The van der Waals surface area contributed by atoms with E-state index in [0.29, 0.717) is 12.0 Å². The van der Waals surface area contributed by atoms with E-state index >= 15 is 0 Å². The van der Waals surface area contributed by atoms with Crippen LogP contribution in [0.4, 0.5) is 11.4 Å². The molecule has 21 heavy (non-hydrogen) atoms. The lowest BCUT2D eigenvalue weighted by molar-refractivity contribution is 0.102. The summed E-state index contributed by atoms with van der Waals surface area (Å²) in [7, 11) is 0. The molecule has 0 radical (unpaired) electrons. The van der Waals surface area contributed by atoms with Gasteiger partial charge in [0.05, 0.1) is 12.5 Å². The van der Waals surface area contributed by atoms with Gasteiger partial charge in [-0.2, -0.15) is 5.26 Å². The van der Waals surface area contributed by atoms with Crippen molar-refractivity contribution in [3.05, 3.63) is 59.2 Å². The molecule has 0 saturated heterocycles. The molecule has 2 aromatic carbocycles. The van der Waals surface area contributed by atoms with E-state index < -0.39 is 0 Å². The molecule has 4 nitrogen and oxygen atoms in total.